The lowest BCUT2D eigenvalue weighted by Crippen LogP contribution is -2.28. The van der Waals surface area contributed by atoms with Crippen molar-refractivity contribution in [2.45, 2.75) is 25.8 Å². The van der Waals surface area contributed by atoms with E-state index >= 15 is 0 Å². The number of aromatic nitrogens is 1. The lowest BCUT2D eigenvalue weighted by Gasteiger charge is -2.14. The molecule has 0 aliphatic heterocycles. The van der Waals surface area contributed by atoms with Crippen molar-refractivity contribution in [1.29, 1.82) is 0 Å². The van der Waals surface area contributed by atoms with Crippen molar-refractivity contribution in [3.8, 4) is 0 Å². The van der Waals surface area contributed by atoms with Gasteiger partial charge in [-0.05, 0) is 43.2 Å². The molecular formula is C15H16N2OS2. The summed E-state index contributed by atoms with van der Waals surface area (Å²) in [5, 5.41) is 8.17. The van der Waals surface area contributed by atoms with E-state index in [2.05, 4.69) is 10.3 Å². The minimum absolute atomic E-state index is 0.0387. The fourth-order valence-corrected chi connectivity index (χ4v) is 3.63. The first-order chi connectivity index (χ1) is 9.72. The van der Waals surface area contributed by atoms with Gasteiger partial charge in [0.2, 0.25) is 5.91 Å². The van der Waals surface area contributed by atoms with E-state index in [1.807, 2.05) is 35.9 Å². The number of aryl methyl sites for hydroxylation is 1. The predicted molar refractivity (Wildman–Crippen MR) is 83.8 cm³/mol. The fraction of sp³-hybridized carbons (Fsp3) is 0.333. The molecule has 1 amide bonds. The molecule has 0 spiro atoms. The number of nitrogens with zero attached hydrogens (tertiary/aromatic N) is 1. The first-order valence-electron chi connectivity index (χ1n) is 6.66. The summed E-state index contributed by atoms with van der Waals surface area (Å²) >= 11 is 3.26. The first kappa shape index (κ1) is 13.5. The fourth-order valence-electron chi connectivity index (χ4n) is 2.07. The molecular weight excluding hydrogens is 288 g/mol. The summed E-state index contributed by atoms with van der Waals surface area (Å²) < 4.78 is 0. The Labute approximate surface area is 126 Å². The molecule has 2 aromatic rings. The Morgan fingerprint density at radius 2 is 2.35 bits per heavy atom. The monoisotopic (exact) mass is 304 g/mol. The molecule has 104 valence electrons. The van der Waals surface area contributed by atoms with Crippen LogP contribution in [0.4, 0.5) is 0 Å². The summed E-state index contributed by atoms with van der Waals surface area (Å²) in [6, 6.07) is 4.05. The minimum atomic E-state index is -0.0387. The number of carbonyl (C=O) groups excluding carboxylic acids is 1. The summed E-state index contributed by atoms with van der Waals surface area (Å²) in [4.78, 5) is 17.7. The largest absolute Gasteiger partial charge is 0.343 e. The van der Waals surface area contributed by atoms with Gasteiger partial charge in [-0.15, -0.1) is 22.7 Å². The molecule has 1 atom stereocenters. The highest BCUT2D eigenvalue weighted by atomic mass is 32.1. The summed E-state index contributed by atoms with van der Waals surface area (Å²) in [7, 11) is 0. The summed E-state index contributed by atoms with van der Waals surface area (Å²) in [5.41, 5.74) is 1.03. The Balaban J connectivity index is 1.66. The Morgan fingerprint density at radius 1 is 1.50 bits per heavy atom. The molecule has 2 heterocycles. The van der Waals surface area contributed by atoms with E-state index in [4.69, 9.17) is 0 Å². The van der Waals surface area contributed by atoms with Crippen LogP contribution in [0.1, 0.15) is 34.5 Å². The van der Waals surface area contributed by atoms with Crippen LogP contribution in [0.15, 0.2) is 29.0 Å². The number of nitrogens with one attached hydrogen (secondary N) is 1. The van der Waals surface area contributed by atoms with Gasteiger partial charge >= 0.3 is 0 Å². The van der Waals surface area contributed by atoms with Gasteiger partial charge in [-0.25, -0.2) is 4.98 Å². The molecule has 0 bridgehead atoms. The Hall–Kier alpha value is -1.46. The zero-order valence-corrected chi connectivity index (χ0v) is 12.8. The molecule has 1 aliphatic rings. The second-order valence-corrected chi connectivity index (χ2v) is 6.87. The van der Waals surface area contributed by atoms with Crippen LogP contribution in [0.25, 0.3) is 6.08 Å². The van der Waals surface area contributed by atoms with Crippen LogP contribution in [0.5, 0.6) is 0 Å². The van der Waals surface area contributed by atoms with Gasteiger partial charge in [-0.1, -0.05) is 6.07 Å². The third-order valence-electron chi connectivity index (χ3n) is 3.24. The standard InChI is InChI=1S/C15H16N2OS2/c1-10-9-20-15(16-10)14(11-4-5-11)17-13(18)7-6-12-3-2-8-19-12/h2-3,6-9,11,14H,4-5H2,1H3,(H,17,18)/b7-6+/t14-/m0/s1. The van der Waals surface area contributed by atoms with Crippen molar-refractivity contribution >= 4 is 34.7 Å². The van der Waals surface area contributed by atoms with E-state index in [-0.39, 0.29) is 11.9 Å². The van der Waals surface area contributed by atoms with E-state index in [1.54, 1.807) is 28.7 Å². The van der Waals surface area contributed by atoms with Crippen LogP contribution >= 0.6 is 22.7 Å². The predicted octanol–water partition coefficient (Wildman–Crippen LogP) is 3.79. The number of amides is 1. The zero-order chi connectivity index (χ0) is 13.9. The maximum atomic E-state index is 12.0. The second kappa shape index (κ2) is 5.89. The molecule has 2 aromatic heterocycles. The number of rotatable bonds is 5. The van der Waals surface area contributed by atoms with Gasteiger partial charge in [0, 0.05) is 22.0 Å². The van der Waals surface area contributed by atoms with Crippen LogP contribution in [0.2, 0.25) is 0 Å². The van der Waals surface area contributed by atoms with Crippen LogP contribution in [0, 0.1) is 12.8 Å². The molecule has 1 aliphatic carbocycles. The van der Waals surface area contributed by atoms with E-state index < -0.39 is 0 Å². The van der Waals surface area contributed by atoms with Crippen molar-refractivity contribution < 1.29 is 4.79 Å². The third kappa shape index (κ3) is 3.35. The molecule has 20 heavy (non-hydrogen) atoms. The van der Waals surface area contributed by atoms with Crippen molar-refractivity contribution in [3.05, 3.63) is 44.5 Å². The van der Waals surface area contributed by atoms with Gasteiger partial charge in [-0.2, -0.15) is 0 Å². The van der Waals surface area contributed by atoms with E-state index in [0.29, 0.717) is 5.92 Å². The Kier molecular flexibility index (Phi) is 3.98. The van der Waals surface area contributed by atoms with Gasteiger partial charge in [0.15, 0.2) is 0 Å². The molecule has 3 rings (SSSR count). The minimum Gasteiger partial charge on any atom is -0.343 e. The first-order valence-corrected chi connectivity index (χ1v) is 8.42. The lowest BCUT2D eigenvalue weighted by atomic mass is 10.2. The normalized spacial score (nSPS) is 16.4. The van der Waals surface area contributed by atoms with Crippen LogP contribution in [0.3, 0.4) is 0 Å². The van der Waals surface area contributed by atoms with Gasteiger partial charge in [0.1, 0.15) is 5.01 Å². The highest BCUT2D eigenvalue weighted by molar-refractivity contribution is 7.10. The summed E-state index contributed by atoms with van der Waals surface area (Å²) in [6.45, 7) is 1.99. The SMILES string of the molecule is Cc1csc([C@@H](NC(=O)/C=C/c2cccs2)C2CC2)n1. The van der Waals surface area contributed by atoms with Crippen LogP contribution < -0.4 is 5.32 Å². The molecule has 1 N–H and O–H groups in total. The molecule has 0 radical (unpaired) electrons. The van der Waals surface area contributed by atoms with E-state index in [1.165, 1.54) is 12.8 Å². The number of hydrogen-bond acceptors (Lipinski definition) is 4. The van der Waals surface area contributed by atoms with Gasteiger partial charge < -0.3 is 5.32 Å². The van der Waals surface area contributed by atoms with Gasteiger partial charge in [-0.3, -0.25) is 4.79 Å². The molecule has 3 nitrogen and oxygen atoms in total. The van der Waals surface area contributed by atoms with Crippen molar-refractivity contribution in [3.63, 3.8) is 0 Å². The lowest BCUT2D eigenvalue weighted by molar-refractivity contribution is -0.117. The van der Waals surface area contributed by atoms with Crippen molar-refractivity contribution in [2.75, 3.05) is 0 Å². The number of thiazole rings is 1. The highest BCUT2D eigenvalue weighted by Crippen LogP contribution is 2.41. The van der Waals surface area contributed by atoms with Crippen molar-refractivity contribution in [1.82, 2.24) is 10.3 Å². The number of thiophene rings is 1. The number of carbonyl (C=O) groups is 1. The van der Waals surface area contributed by atoms with E-state index in [0.717, 1.165) is 15.6 Å². The molecule has 0 aromatic carbocycles. The van der Waals surface area contributed by atoms with Gasteiger partial charge in [0.25, 0.3) is 0 Å². The second-order valence-electron chi connectivity index (χ2n) is 5.00. The quantitative estimate of drug-likeness (QED) is 0.854. The number of hydrogen-bond donors (Lipinski definition) is 1. The summed E-state index contributed by atoms with van der Waals surface area (Å²) in [5.74, 6) is 0.516. The average molecular weight is 304 g/mol. The van der Waals surface area contributed by atoms with Crippen LogP contribution in [-0.4, -0.2) is 10.9 Å². The molecule has 1 saturated carbocycles. The maximum Gasteiger partial charge on any atom is 0.244 e. The molecule has 0 saturated heterocycles. The van der Waals surface area contributed by atoms with Crippen LogP contribution in [-0.2, 0) is 4.79 Å². The Morgan fingerprint density at radius 3 is 2.95 bits per heavy atom. The van der Waals surface area contributed by atoms with Gasteiger partial charge in [0.05, 0.1) is 6.04 Å². The highest BCUT2D eigenvalue weighted by Gasteiger charge is 2.34. The summed E-state index contributed by atoms with van der Waals surface area (Å²) in [6.07, 6.45) is 5.83. The average Bonchev–Trinajstić information content (AvgIpc) is 2.96. The molecule has 5 heteroatoms. The zero-order valence-electron chi connectivity index (χ0n) is 11.2. The molecule has 1 fully saturated rings. The van der Waals surface area contributed by atoms with Crippen molar-refractivity contribution in [2.24, 2.45) is 5.92 Å². The maximum absolute atomic E-state index is 12.0. The third-order valence-corrected chi connectivity index (χ3v) is 5.12. The van der Waals surface area contributed by atoms with E-state index in [9.17, 15) is 4.79 Å². The Bertz CT molecular complexity index is 612. The topological polar surface area (TPSA) is 42.0 Å². The molecule has 0 unspecified atom stereocenters. The smallest absolute Gasteiger partial charge is 0.244 e.